The SMILES string of the molecule is CC(C)N(CCCBr)C(=O)C1CCCC1(C)C. The highest BCUT2D eigenvalue weighted by Crippen LogP contribution is 2.43. The number of carbonyl (C=O) groups excluding carboxylic acids is 1. The molecule has 1 fully saturated rings. The Morgan fingerprint density at radius 3 is 2.53 bits per heavy atom. The minimum absolute atomic E-state index is 0.193. The van der Waals surface area contributed by atoms with Crippen LogP contribution in [0.2, 0.25) is 0 Å². The second kappa shape index (κ2) is 6.21. The third-order valence-electron chi connectivity index (χ3n) is 3.99. The Morgan fingerprint density at radius 1 is 1.47 bits per heavy atom. The first kappa shape index (κ1) is 15.0. The minimum Gasteiger partial charge on any atom is -0.340 e. The lowest BCUT2D eigenvalue weighted by Crippen LogP contribution is -2.44. The van der Waals surface area contributed by atoms with Crippen LogP contribution in [0.3, 0.4) is 0 Å². The Kier molecular flexibility index (Phi) is 5.49. The van der Waals surface area contributed by atoms with Gasteiger partial charge >= 0.3 is 0 Å². The predicted molar refractivity (Wildman–Crippen MR) is 76.4 cm³/mol. The zero-order valence-corrected chi connectivity index (χ0v) is 13.2. The van der Waals surface area contributed by atoms with Gasteiger partial charge in [-0.3, -0.25) is 4.79 Å². The van der Waals surface area contributed by atoms with Crippen LogP contribution in [0.1, 0.15) is 53.4 Å². The molecular formula is C14H26BrNO. The third kappa shape index (κ3) is 3.70. The monoisotopic (exact) mass is 303 g/mol. The lowest BCUT2D eigenvalue weighted by Gasteiger charge is -2.34. The molecule has 0 saturated heterocycles. The van der Waals surface area contributed by atoms with Gasteiger partial charge in [0, 0.05) is 23.8 Å². The van der Waals surface area contributed by atoms with Crippen molar-refractivity contribution in [3.8, 4) is 0 Å². The van der Waals surface area contributed by atoms with Crippen LogP contribution in [0, 0.1) is 11.3 Å². The molecule has 0 aromatic carbocycles. The van der Waals surface area contributed by atoms with Crippen molar-refractivity contribution in [2.24, 2.45) is 11.3 Å². The van der Waals surface area contributed by atoms with E-state index in [1.165, 1.54) is 12.8 Å². The summed E-state index contributed by atoms with van der Waals surface area (Å²) in [6, 6.07) is 0.318. The molecule has 1 aliphatic carbocycles. The highest BCUT2D eigenvalue weighted by atomic mass is 79.9. The van der Waals surface area contributed by atoms with E-state index in [2.05, 4.69) is 48.5 Å². The summed E-state index contributed by atoms with van der Waals surface area (Å²) < 4.78 is 0. The van der Waals surface area contributed by atoms with Gasteiger partial charge in [0.2, 0.25) is 5.91 Å². The maximum absolute atomic E-state index is 12.6. The summed E-state index contributed by atoms with van der Waals surface area (Å²) in [6.07, 6.45) is 4.50. The molecule has 0 aromatic rings. The first-order valence-corrected chi connectivity index (χ1v) is 7.88. The largest absolute Gasteiger partial charge is 0.340 e. The lowest BCUT2D eigenvalue weighted by molar-refractivity contribution is -0.140. The smallest absolute Gasteiger partial charge is 0.226 e. The standard InChI is InChI=1S/C14H26BrNO/c1-11(2)16(10-6-9-15)13(17)12-7-5-8-14(12,3)4/h11-12H,5-10H2,1-4H3. The molecule has 0 radical (unpaired) electrons. The van der Waals surface area contributed by atoms with Crippen LogP contribution in [0.25, 0.3) is 0 Å². The molecule has 0 heterocycles. The zero-order chi connectivity index (χ0) is 13.1. The van der Waals surface area contributed by atoms with Gasteiger partial charge in [0.05, 0.1) is 0 Å². The Labute approximate surface area is 114 Å². The fourth-order valence-corrected chi connectivity index (χ4v) is 3.09. The zero-order valence-electron chi connectivity index (χ0n) is 11.6. The molecule has 1 rings (SSSR count). The Hall–Kier alpha value is -0.0500. The molecule has 1 unspecified atom stereocenters. The Bertz CT molecular complexity index is 263. The normalized spacial score (nSPS) is 23.1. The number of nitrogens with zero attached hydrogens (tertiary/aromatic N) is 1. The summed E-state index contributed by atoms with van der Waals surface area (Å²) in [5.41, 5.74) is 0.193. The van der Waals surface area contributed by atoms with Crippen molar-refractivity contribution >= 4 is 21.8 Å². The van der Waals surface area contributed by atoms with Crippen LogP contribution in [0.5, 0.6) is 0 Å². The van der Waals surface area contributed by atoms with E-state index in [4.69, 9.17) is 0 Å². The van der Waals surface area contributed by atoms with Crippen molar-refractivity contribution in [1.82, 2.24) is 4.90 Å². The van der Waals surface area contributed by atoms with Crippen LogP contribution in [0.15, 0.2) is 0 Å². The molecule has 2 nitrogen and oxygen atoms in total. The number of hydrogen-bond donors (Lipinski definition) is 0. The van der Waals surface area contributed by atoms with Crippen LogP contribution in [0.4, 0.5) is 0 Å². The number of carbonyl (C=O) groups is 1. The summed E-state index contributed by atoms with van der Waals surface area (Å²) in [5.74, 6) is 0.615. The summed E-state index contributed by atoms with van der Waals surface area (Å²) in [7, 11) is 0. The van der Waals surface area contributed by atoms with Gasteiger partial charge in [0.15, 0.2) is 0 Å². The van der Waals surface area contributed by atoms with Crippen molar-refractivity contribution in [2.75, 3.05) is 11.9 Å². The van der Waals surface area contributed by atoms with Gasteiger partial charge < -0.3 is 4.90 Å². The van der Waals surface area contributed by atoms with Crippen molar-refractivity contribution in [1.29, 1.82) is 0 Å². The van der Waals surface area contributed by atoms with Crippen LogP contribution >= 0.6 is 15.9 Å². The minimum atomic E-state index is 0.193. The fraction of sp³-hybridized carbons (Fsp3) is 0.929. The average Bonchev–Trinajstić information content (AvgIpc) is 2.57. The van der Waals surface area contributed by atoms with E-state index < -0.39 is 0 Å². The van der Waals surface area contributed by atoms with E-state index in [-0.39, 0.29) is 11.3 Å². The summed E-state index contributed by atoms with van der Waals surface area (Å²) >= 11 is 3.44. The molecule has 0 bridgehead atoms. The van der Waals surface area contributed by atoms with Crippen molar-refractivity contribution < 1.29 is 4.79 Å². The number of hydrogen-bond acceptors (Lipinski definition) is 1. The van der Waals surface area contributed by atoms with Gasteiger partial charge in [-0.25, -0.2) is 0 Å². The molecule has 17 heavy (non-hydrogen) atoms. The summed E-state index contributed by atoms with van der Waals surface area (Å²) in [4.78, 5) is 14.7. The van der Waals surface area contributed by atoms with E-state index in [0.717, 1.165) is 24.7 Å². The van der Waals surface area contributed by atoms with Crippen molar-refractivity contribution in [2.45, 2.75) is 59.4 Å². The fourth-order valence-electron chi connectivity index (χ4n) is 2.84. The first-order chi connectivity index (χ1) is 7.90. The topological polar surface area (TPSA) is 20.3 Å². The van der Waals surface area contributed by atoms with E-state index in [0.29, 0.717) is 11.9 Å². The van der Waals surface area contributed by atoms with Crippen LogP contribution in [-0.4, -0.2) is 28.7 Å². The van der Waals surface area contributed by atoms with E-state index in [1.807, 2.05) is 0 Å². The van der Waals surface area contributed by atoms with Gasteiger partial charge in [-0.15, -0.1) is 0 Å². The van der Waals surface area contributed by atoms with E-state index in [1.54, 1.807) is 0 Å². The quantitative estimate of drug-likeness (QED) is 0.707. The number of halogens is 1. The molecule has 0 aromatic heterocycles. The molecule has 1 aliphatic rings. The summed E-state index contributed by atoms with van der Waals surface area (Å²) in [5, 5.41) is 0.970. The second-order valence-corrected chi connectivity index (χ2v) is 6.89. The predicted octanol–water partition coefficient (Wildman–Crippen LogP) is 3.83. The van der Waals surface area contributed by atoms with E-state index in [9.17, 15) is 4.79 Å². The van der Waals surface area contributed by atoms with Crippen molar-refractivity contribution in [3.63, 3.8) is 0 Å². The lowest BCUT2D eigenvalue weighted by atomic mass is 9.81. The molecule has 1 saturated carbocycles. The maximum Gasteiger partial charge on any atom is 0.226 e. The number of rotatable bonds is 5. The molecule has 1 amide bonds. The summed E-state index contributed by atoms with van der Waals surface area (Å²) in [6.45, 7) is 9.60. The molecule has 0 aliphatic heterocycles. The molecule has 1 atom stereocenters. The van der Waals surface area contributed by atoms with Gasteiger partial charge in [0.1, 0.15) is 0 Å². The Morgan fingerprint density at radius 2 is 2.12 bits per heavy atom. The van der Waals surface area contributed by atoms with Gasteiger partial charge in [-0.1, -0.05) is 36.2 Å². The van der Waals surface area contributed by atoms with Crippen molar-refractivity contribution in [3.05, 3.63) is 0 Å². The first-order valence-electron chi connectivity index (χ1n) is 6.76. The second-order valence-electron chi connectivity index (χ2n) is 6.10. The molecule has 100 valence electrons. The van der Waals surface area contributed by atoms with Gasteiger partial charge in [-0.2, -0.15) is 0 Å². The molecule has 0 N–H and O–H groups in total. The molecule has 3 heteroatoms. The molecule has 0 spiro atoms. The van der Waals surface area contributed by atoms with Gasteiger partial charge in [0.25, 0.3) is 0 Å². The third-order valence-corrected chi connectivity index (χ3v) is 4.56. The number of alkyl halides is 1. The average molecular weight is 304 g/mol. The molecular weight excluding hydrogens is 278 g/mol. The van der Waals surface area contributed by atoms with E-state index >= 15 is 0 Å². The van der Waals surface area contributed by atoms with Crippen LogP contribution in [-0.2, 0) is 4.79 Å². The van der Waals surface area contributed by atoms with Gasteiger partial charge in [-0.05, 0) is 38.5 Å². The number of amides is 1. The highest BCUT2D eigenvalue weighted by Gasteiger charge is 2.41. The highest BCUT2D eigenvalue weighted by molar-refractivity contribution is 9.09. The Balaban J connectivity index is 2.70. The maximum atomic E-state index is 12.6. The van der Waals surface area contributed by atoms with Crippen LogP contribution < -0.4 is 0 Å².